The normalized spacial score (nSPS) is 16.3. The van der Waals surface area contributed by atoms with Crippen LogP contribution in [0.15, 0.2) is 59.9 Å². The molecule has 3 rings (SSSR count). The maximum Gasteiger partial charge on any atom is 0.338 e. The third kappa shape index (κ3) is 4.74. The van der Waals surface area contributed by atoms with E-state index in [1.54, 1.807) is 38.1 Å². The zero-order valence-electron chi connectivity index (χ0n) is 19.1. The van der Waals surface area contributed by atoms with Gasteiger partial charge in [-0.1, -0.05) is 43.7 Å². The summed E-state index contributed by atoms with van der Waals surface area (Å²) in [4.78, 5) is 39.7. The van der Waals surface area contributed by atoms with Crippen molar-refractivity contribution in [2.75, 3.05) is 4.90 Å². The molecular formula is C26H29NO5. The van der Waals surface area contributed by atoms with Gasteiger partial charge >= 0.3 is 5.97 Å². The average Bonchev–Trinajstić information content (AvgIpc) is 2.98. The number of ketones is 1. The van der Waals surface area contributed by atoms with Crippen molar-refractivity contribution in [2.24, 2.45) is 5.92 Å². The second-order valence-corrected chi connectivity index (χ2v) is 8.78. The van der Waals surface area contributed by atoms with Gasteiger partial charge in [-0.3, -0.25) is 14.5 Å². The molecule has 1 unspecified atom stereocenters. The molecule has 2 aromatic rings. The van der Waals surface area contributed by atoms with Gasteiger partial charge in [0.1, 0.15) is 0 Å². The number of ether oxygens (including phenoxy) is 1. The Morgan fingerprint density at radius 1 is 1.06 bits per heavy atom. The predicted molar refractivity (Wildman–Crippen MR) is 123 cm³/mol. The minimum atomic E-state index is -0.748. The number of anilines is 1. The fourth-order valence-electron chi connectivity index (χ4n) is 3.83. The number of hydrogen-bond acceptors (Lipinski definition) is 5. The molecule has 1 N–H and O–H groups in total. The van der Waals surface area contributed by atoms with Crippen molar-refractivity contribution in [1.82, 2.24) is 0 Å². The number of carbonyl (C=O) groups is 3. The van der Waals surface area contributed by atoms with Crippen LogP contribution in [0.25, 0.3) is 0 Å². The molecule has 0 bridgehead atoms. The molecule has 1 aliphatic rings. The Morgan fingerprint density at radius 3 is 2.28 bits per heavy atom. The number of Topliss-reactive ketones (excluding diaryl/α,β-unsaturated/α-hetero) is 1. The van der Waals surface area contributed by atoms with Crippen LogP contribution in [-0.2, 0) is 14.3 Å². The molecule has 2 aromatic carbocycles. The molecule has 1 atom stereocenters. The number of aryl methyl sites for hydroxylation is 1. The van der Waals surface area contributed by atoms with Crippen LogP contribution < -0.4 is 4.90 Å². The van der Waals surface area contributed by atoms with Gasteiger partial charge in [-0.2, -0.15) is 0 Å². The zero-order valence-corrected chi connectivity index (χ0v) is 19.1. The first-order valence-corrected chi connectivity index (χ1v) is 10.8. The number of aliphatic hydroxyl groups is 1. The van der Waals surface area contributed by atoms with Gasteiger partial charge in [0.15, 0.2) is 11.5 Å². The maximum atomic E-state index is 13.1. The molecule has 0 aliphatic carbocycles. The molecule has 1 aliphatic heterocycles. The van der Waals surface area contributed by atoms with Gasteiger partial charge in [0, 0.05) is 12.1 Å². The third-order valence-electron chi connectivity index (χ3n) is 5.18. The van der Waals surface area contributed by atoms with Gasteiger partial charge in [-0.25, -0.2) is 4.79 Å². The highest BCUT2D eigenvalue weighted by molar-refractivity contribution is 6.16. The minimum Gasteiger partial charge on any atom is -0.503 e. The average molecular weight is 436 g/mol. The molecule has 6 nitrogen and oxygen atoms in total. The van der Waals surface area contributed by atoms with Crippen LogP contribution in [0.2, 0.25) is 0 Å². The lowest BCUT2D eigenvalue weighted by molar-refractivity contribution is -0.118. The molecule has 0 radical (unpaired) electrons. The molecule has 1 heterocycles. The lowest BCUT2D eigenvalue weighted by Crippen LogP contribution is -2.31. The molecule has 6 heteroatoms. The van der Waals surface area contributed by atoms with Crippen molar-refractivity contribution in [1.29, 1.82) is 0 Å². The summed E-state index contributed by atoms with van der Waals surface area (Å²) in [5.74, 6) is -1.79. The minimum absolute atomic E-state index is 0.0800. The van der Waals surface area contributed by atoms with Gasteiger partial charge < -0.3 is 9.84 Å². The van der Waals surface area contributed by atoms with E-state index in [1.165, 1.54) is 4.90 Å². The number of amides is 1. The topological polar surface area (TPSA) is 83.9 Å². The Bertz CT molecular complexity index is 1070. The number of carbonyl (C=O) groups excluding carboxylic acids is 3. The van der Waals surface area contributed by atoms with E-state index < -0.39 is 23.7 Å². The predicted octanol–water partition coefficient (Wildman–Crippen LogP) is 5.08. The van der Waals surface area contributed by atoms with Crippen LogP contribution in [0, 0.1) is 12.8 Å². The van der Waals surface area contributed by atoms with E-state index >= 15 is 0 Å². The van der Waals surface area contributed by atoms with Crippen LogP contribution in [0.5, 0.6) is 0 Å². The first-order chi connectivity index (χ1) is 15.1. The molecule has 0 spiro atoms. The largest absolute Gasteiger partial charge is 0.503 e. The van der Waals surface area contributed by atoms with E-state index in [0.29, 0.717) is 11.3 Å². The number of rotatable bonds is 7. The van der Waals surface area contributed by atoms with Crippen LogP contribution in [0.1, 0.15) is 61.6 Å². The summed E-state index contributed by atoms with van der Waals surface area (Å²) in [7, 11) is 0. The van der Waals surface area contributed by atoms with Gasteiger partial charge in [0.2, 0.25) is 0 Å². The third-order valence-corrected chi connectivity index (χ3v) is 5.18. The van der Waals surface area contributed by atoms with Crippen molar-refractivity contribution < 1.29 is 24.2 Å². The monoisotopic (exact) mass is 435 g/mol. The molecule has 0 fully saturated rings. The van der Waals surface area contributed by atoms with Crippen LogP contribution in [0.4, 0.5) is 5.69 Å². The molecule has 0 saturated heterocycles. The standard InChI is InChI=1S/C26H29NO5/c1-15(2)13-21(28)22-23(19-8-6-7-17(5)14-19)27(25(30)24(22)29)20-11-9-18(10-12-20)26(31)32-16(3)4/h6-12,14-16,23,29H,13H2,1-5H3. The lowest BCUT2D eigenvalue weighted by atomic mass is 9.91. The number of benzene rings is 2. The van der Waals surface area contributed by atoms with E-state index in [4.69, 9.17) is 4.74 Å². The van der Waals surface area contributed by atoms with E-state index in [-0.39, 0.29) is 29.8 Å². The number of nitrogens with zero attached hydrogens (tertiary/aromatic N) is 1. The van der Waals surface area contributed by atoms with Crippen LogP contribution >= 0.6 is 0 Å². The molecule has 0 saturated carbocycles. The van der Waals surface area contributed by atoms with Crippen molar-refractivity contribution in [2.45, 2.75) is 53.2 Å². The lowest BCUT2D eigenvalue weighted by Gasteiger charge is -2.27. The summed E-state index contributed by atoms with van der Waals surface area (Å²) in [5.41, 5.74) is 2.65. The fraction of sp³-hybridized carbons (Fsp3) is 0.346. The Balaban J connectivity index is 2.05. The summed E-state index contributed by atoms with van der Waals surface area (Å²) in [5, 5.41) is 10.7. The molecule has 1 amide bonds. The van der Waals surface area contributed by atoms with E-state index in [2.05, 4.69) is 0 Å². The van der Waals surface area contributed by atoms with E-state index in [1.807, 2.05) is 45.0 Å². The maximum absolute atomic E-state index is 13.1. The fourth-order valence-corrected chi connectivity index (χ4v) is 3.83. The second-order valence-electron chi connectivity index (χ2n) is 8.78. The highest BCUT2D eigenvalue weighted by Gasteiger charge is 2.44. The number of aliphatic hydroxyl groups excluding tert-OH is 1. The molecule has 168 valence electrons. The van der Waals surface area contributed by atoms with E-state index in [9.17, 15) is 19.5 Å². The van der Waals surface area contributed by atoms with Gasteiger partial charge in [-0.05, 0) is 56.5 Å². The van der Waals surface area contributed by atoms with Gasteiger partial charge in [0.05, 0.1) is 23.3 Å². The highest BCUT2D eigenvalue weighted by atomic mass is 16.5. The Kier molecular flexibility index (Phi) is 6.82. The smallest absolute Gasteiger partial charge is 0.338 e. The first kappa shape index (κ1) is 23.3. The Hall–Kier alpha value is -3.41. The van der Waals surface area contributed by atoms with Crippen LogP contribution in [-0.4, -0.2) is 28.9 Å². The molecule has 0 aromatic heterocycles. The molecular weight excluding hydrogens is 406 g/mol. The number of esters is 1. The molecule has 32 heavy (non-hydrogen) atoms. The summed E-state index contributed by atoms with van der Waals surface area (Å²) >= 11 is 0. The van der Waals surface area contributed by atoms with E-state index in [0.717, 1.165) is 11.1 Å². The zero-order chi connectivity index (χ0) is 23.6. The summed E-state index contributed by atoms with van der Waals surface area (Å²) in [6.45, 7) is 9.30. The van der Waals surface area contributed by atoms with Crippen molar-refractivity contribution in [3.8, 4) is 0 Å². The summed E-state index contributed by atoms with van der Waals surface area (Å²) in [6.07, 6.45) is -0.0216. The van der Waals surface area contributed by atoms with Gasteiger partial charge in [-0.15, -0.1) is 0 Å². The Labute approximate surface area is 188 Å². The summed E-state index contributed by atoms with van der Waals surface area (Å²) < 4.78 is 5.22. The van der Waals surface area contributed by atoms with Crippen molar-refractivity contribution in [3.63, 3.8) is 0 Å². The van der Waals surface area contributed by atoms with Crippen LogP contribution in [0.3, 0.4) is 0 Å². The first-order valence-electron chi connectivity index (χ1n) is 10.8. The number of hydrogen-bond donors (Lipinski definition) is 1. The summed E-state index contributed by atoms with van der Waals surface area (Å²) in [6, 6.07) is 13.2. The van der Waals surface area contributed by atoms with Crippen molar-refractivity contribution in [3.05, 3.63) is 76.6 Å². The quantitative estimate of drug-likeness (QED) is 0.614. The van der Waals surface area contributed by atoms with Crippen molar-refractivity contribution >= 4 is 23.3 Å². The van der Waals surface area contributed by atoms with Gasteiger partial charge in [0.25, 0.3) is 5.91 Å². The SMILES string of the molecule is Cc1cccc(C2C(C(=O)CC(C)C)=C(O)C(=O)N2c2ccc(C(=O)OC(C)C)cc2)c1. The Morgan fingerprint density at radius 2 is 1.72 bits per heavy atom. The second kappa shape index (κ2) is 9.39. The highest BCUT2D eigenvalue weighted by Crippen LogP contribution is 2.41.